The first kappa shape index (κ1) is 11.3. The Morgan fingerprint density at radius 2 is 2.50 bits per heavy atom. The van der Waals surface area contributed by atoms with Gasteiger partial charge in [-0.2, -0.15) is 0 Å². The lowest BCUT2D eigenvalue weighted by molar-refractivity contribution is 0.0820. The summed E-state index contributed by atoms with van der Waals surface area (Å²) in [5.41, 5.74) is 6.45. The molecule has 0 amide bonds. The van der Waals surface area contributed by atoms with Gasteiger partial charge in [0.05, 0.1) is 11.8 Å². The summed E-state index contributed by atoms with van der Waals surface area (Å²) < 4.78 is 5.59. The maximum atomic E-state index is 5.59. The smallest absolute Gasteiger partial charge is 0.225 e. The molecule has 5 nitrogen and oxygen atoms in total. The van der Waals surface area contributed by atoms with E-state index >= 15 is 0 Å². The topological polar surface area (TPSA) is 64.3 Å². The Balaban J connectivity index is 2.14. The van der Waals surface area contributed by atoms with E-state index in [0.29, 0.717) is 6.54 Å². The lowest BCUT2D eigenvalue weighted by Crippen LogP contribution is -2.31. The summed E-state index contributed by atoms with van der Waals surface area (Å²) in [6.45, 7) is 5.13. The van der Waals surface area contributed by atoms with E-state index in [1.807, 2.05) is 6.07 Å². The summed E-state index contributed by atoms with van der Waals surface area (Å²) in [6, 6.07) is 1.85. The molecule has 2 rings (SSSR count). The largest absolute Gasteiger partial charge is 0.377 e. The zero-order valence-electron chi connectivity index (χ0n) is 9.59. The molecule has 1 aliphatic rings. The SMILES string of the molecule is CC1CN(c2nccc(CN)n2)CCCO1. The minimum absolute atomic E-state index is 0.229. The van der Waals surface area contributed by atoms with Crippen LogP contribution in [-0.2, 0) is 11.3 Å². The maximum absolute atomic E-state index is 5.59. The molecule has 0 aromatic carbocycles. The van der Waals surface area contributed by atoms with Crippen LogP contribution in [0.3, 0.4) is 0 Å². The molecule has 1 aromatic heterocycles. The fraction of sp³-hybridized carbons (Fsp3) is 0.636. The van der Waals surface area contributed by atoms with Crippen molar-refractivity contribution >= 4 is 5.95 Å². The monoisotopic (exact) mass is 222 g/mol. The van der Waals surface area contributed by atoms with Gasteiger partial charge in [-0.05, 0) is 19.4 Å². The molecule has 1 aliphatic heterocycles. The fourth-order valence-electron chi connectivity index (χ4n) is 1.83. The van der Waals surface area contributed by atoms with Crippen LogP contribution in [0.2, 0.25) is 0 Å². The summed E-state index contributed by atoms with van der Waals surface area (Å²) in [7, 11) is 0. The second-order valence-corrected chi connectivity index (χ2v) is 4.03. The van der Waals surface area contributed by atoms with Crippen LogP contribution in [0.1, 0.15) is 19.0 Å². The van der Waals surface area contributed by atoms with Crippen molar-refractivity contribution in [3.8, 4) is 0 Å². The molecule has 1 fully saturated rings. The van der Waals surface area contributed by atoms with E-state index in [9.17, 15) is 0 Å². The first-order valence-corrected chi connectivity index (χ1v) is 5.68. The summed E-state index contributed by atoms with van der Waals surface area (Å²) in [6.07, 6.45) is 3.01. The number of rotatable bonds is 2. The Labute approximate surface area is 95.6 Å². The highest BCUT2D eigenvalue weighted by Gasteiger charge is 2.17. The minimum atomic E-state index is 0.229. The van der Waals surface area contributed by atoms with Crippen LogP contribution in [0.15, 0.2) is 12.3 Å². The summed E-state index contributed by atoms with van der Waals surface area (Å²) in [4.78, 5) is 10.9. The molecule has 0 saturated carbocycles. The normalized spacial score (nSPS) is 21.9. The lowest BCUT2D eigenvalue weighted by Gasteiger charge is -2.22. The number of aromatic nitrogens is 2. The predicted molar refractivity (Wildman–Crippen MR) is 62.2 cm³/mol. The van der Waals surface area contributed by atoms with Gasteiger partial charge in [-0.3, -0.25) is 0 Å². The molecule has 0 aliphatic carbocycles. The van der Waals surface area contributed by atoms with Crippen LogP contribution < -0.4 is 10.6 Å². The summed E-state index contributed by atoms with van der Waals surface area (Å²) >= 11 is 0. The lowest BCUT2D eigenvalue weighted by atomic mass is 10.3. The highest BCUT2D eigenvalue weighted by molar-refractivity contribution is 5.30. The molecule has 2 N–H and O–H groups in total. The van der Waals surface area contributed by atoms with Crippen molar-refractivity contribution in [3.63, 3.8) is 0 Å². The third-order valence-corrected chi connectivity index (χ3v) is 2.64. The van der Waals surface area contributed by atoms with E-state index in [-0.39, 0.29) is 6.10 Å². The van der Waals surface area contributed by atoms with Gasteiger partial charge in [-0.15, -0.1) is 0 Å². The van der Waals surface area contributed by atoms with Gasteiger partial charge in [0.2, 0.25) is 5.95 Å². The van der Waals surface area contributed by atoms with Crippen molar-refractivity contribution in [2.75, 3.05) is 24.6 Å². The van der Waals surface area contributed by atoms with Crippen LogP contribution in [0, 0.1) is 0 Å². The number of nitrogens with zero attached hydrogens (tertiary/aromatic N) is 3. The molecular weight excluding hydrogens is 204 g/mol. The average Bonchev–Trinajstić information content (AvgIpc) is 2.54. The Bertz CT molecular complexity index is 345. The van der Waals surface area contributed by atoms with E-state index < -0.39 is 0 Å². The van der Waals surface area contributed by atoms with Gasteiger partial charge in [-0.25, -0.2) is 9.97 Å². The second-order valence-electron chi connectivity index (χ2n) is 4.03. The van der Waals surface area contributed by atoms with Gasteiger partial charge < -0.3 is 15.4 Å². The minimum Gasteiger partial charge on any atom is -0.377 e. The zero-order valence-corrected chi connectivity index (χ0v) is 9.59. The van der Waals surface area contributed by atoms with E-state index in [2.05, 4.69) is 21.8 Å². The van der Waals surface area contributed by atoms with Gasteiger partial charge in [0.15, 0.2) is 0 Å². The summed E-state index contributed by atoms with van der Waals surface area (Å²) in [5, 5.41) is 0. The fourth-order valence-corrected chi connectivity index (χ4v) is 1.83. The van der Waals surface area contributed by atoms with E-state index in [4.69, 9.17) is 10.5 Å². The number of hydrogen-bond acceptors (Lipinski definition) is 5. The van der Waals surface area contributed by atoms with Crippen LogP contribution in [0.4, 0.5) is 5.95 Å². The van der Waals surface area contributed by atoms with Gasteiger partial charge in [0, 0.05) is 32.4 Å². The molecule has 88 valence electrons. The van der Waals surface area contributed by atoms with E-state index in [1.54, 1.807) is 6.20 Å². The molecule has 1 unspecified atom stereocenters. The molecule has 1 atom stereocenters. The van der Waals surface area contributed by atoms with E-state index in [1.165, 1.54) is 0 Å². The van der Waals surface area contributed by atoms with Gasteiger partial charge >= 0.3 is 0 Å². The molecule has 5 heteroatoms. The second kappa shape index (κ2) is 5.23. The summed E-state index contributed by atoms with van der Waals surface area (Å²) in [5.74, 6) is 0.764. The Hall–Kier alpha value is -1.20. The molecule has 0 spiro atoms. The number of hydrogen-bond donors (Lipinski definition) is 1. The predicted octanol–water partition coefficient (Wildman–Crippen LogP) is 0.551. The first-order valence-electron chi connectivity index (χ1n) is 5.68. The van der Waals surface area contributed by atoms with Gasteiger partial charge in [-0.1, -0.05) is 0 Å². The standard InChI is InChI=1S/C11H18N4O/c1-9-8-15(5-2-6-16-9)11-13-4-3-10(7-12)14-11/h3-4,9H,2,5-8,12H2,1H3. The zero-order chi connectivity index (χ0) is 11.4. The first-order chi connectivity index (χ1) is 7.79. The molecule has 1 aromatic rings. The number of nitrogens with two attached hydrogens (primary N) is 1. The molecular formula is C11H18N4O. The van der Waals surface area contributed by atoms with Gasteiger partial charge in [0.25, 0.3) is 0 Å². The highest BCUT2D eigenvalue weighted by Crippen LogP contribution is 2.12. The third kappa shape index (κ3) is 2.68. The van der Waals surface area contributed by atoms with Gasteiger partial charge in [0.1, 0.15) is 0 Å². The van der Waals surface area contributed by atoms with E-state index in [0.717, 1.165) is 37.8 Å². The van der Waals surface area contributed by atoms with Crippen molar-refractivity contribution < 1.29 is 4.74 Å². The molecule has 0 radical (unpaired) electrons. The average molecular weight is 222 g/mol. The van der Waals surface area contributed by atoms with Crippen molar-refractivity contribution in [2.45, 2.75) is 26.0 Å². The van der Waals surface area contributed by atoms with Crippen molar-refractivity contribution in [1.82, 2.24) is 9.97 Å². The highest BCUT2D eigenvalue weighted by atomic mass is 16.5. The quantitative estimate of drug-likeness (QED) is 0.791. The Morgan fingerprint density at radius 1 is 1.62 bits per heavy atom. The van der Waals surface area contributed by atoms with Crippen molar-refractivity contribution in [1.29, 1.82) is 0 Å². The molecule has 2 heterocycles. The Morgan fingerprint density at radius 3 is 3.31 bits per heavy atom. The van der Waals surface area contributed by atoms with Crippen molar-refractivity contribution in [2.24, 2.45) is 5.73 Å². The van der Waals surface area contributed by atoms with Crippen molar-refractivity contribution in [3.05, 3.63) is 18.0 Å². The van der Waals surface area contributed by atoms with Crippen LogP contribution in [0.5, 0.6) is 0 Å². The van der Waals surface area contributed by atoms with Crippen LogP contribution in [-0.4, -0.2) is 35.8 Å². The third-order valence-electron chi connectivity index (χ3n) is 2.64. The molecule has 16 heavy (non-hydrogen) atoms. The Kier molecular flexibility index (Phi) is 3.69. The number of anilines is 1. The molecule has 0 bridgehead atoms. The van der Waals surface area contributed by atoms with Crippen LogP contribution >= 0.6 is 0 Å². The maximum Gasteiger partial charge on any atom is 0.225 e. The number of ether oxygens (including phenoxy) is 1. The van der Waals surface area contributed by atoms with Crippen LogP contribution in [0.25, 0.3) is 0 Å². The molecule has 1 saturated heterocycles.